The zero-order valence-corrected chi connectivity index (χ0v) is 55.3. The van der Waals surface area contributed by atoms with Crippen LogP contribution in [0.4, 0.5) is 0 Å². The third-order valence-electron chi connectivity index (χ3n) is 16.6. The lowest BCUT2D eigenvalue weighted by Gasteiger charge is -2.16. The first-order valence-corrected chi connectivity index (χ1v) is 33.2. The van der Waals surface area contributed by atoms with Crippen LogP contribution in [-0.4, -0.2) is 74.6 Å². The number of pyridine rings is 4. The number of ether oxygens (including phenoxy) is 1. The summed E-state index contributed by atoms with van der Waals surface area (Å²) < 4.78 is 5.89. The molecule has 102 heavy (non-hydrogen) atoms. The van der Waals surface area contributed by atoms with Gasteiger partial charge < -0.3 is 35.1 Å². The Bertz CT molecular complexity index is 5290. The highest BCUT2D eigenvalue weighted by molar-refractivity contribution is 6.10. The van der Waals surface area contributed by atoms with E-state index in [1.807, 2.05) is 273 Å². The maximum atomic E-state index is 13.5. The van der Waals surface area contributed by atoms with Gasteiger partial charge in [0.1, 0.15) is 41.7 Å². The van der Waals surface area contributed by atoms with Crippen LogP contribution in [0.2, 0.25) is 0 Å². The Morgan fingerprint density at radius 2 is 0.716 bits per heavy atom. The molecule has 3 atom stereocenters. The summed E-state index contributed by atoms with van der Waals surface area (Å²) in [5.74, 6) is 6.46. The summed E-state index contributed by atoms with van der Waals surface area (Å²) in [6.45, 7) is 0. The summed E-state index contributed by atoms with van der Waals surface area (Å²) >= 11 is 0. The molecule has 0 saturated heterocycles. The van der Waals surface area contributed by atoms with Gasteiger partial charge in [0.25, 0.3) is 17.7 Å². The van der Waals surface area contributed by atoms with Crippen molar-refractivity contribution in [2.45, 2.75) is 37.4 Å². The molecule has 0 bridgehead atoms. The van der Waals surface area contributed by atoms with Crippen LogP contribution in [0.25, 0.3) is 66.4 Å². The van der Waals surface area contributed by atoms with Crippen LogP contribution >= 0.6 is 0 Å². The minimum Gasteiger partial charge on any atom is -0.457 e. The molecule has 0 radical (unpaired) electrons. The van der Waals surface area contributed by atoms with E-state index < -0.39 is 18.1 Å². The van der Waals surface area contributed by atoms with E-state index in [0.717, 1.165) is 79.8 Å². The number of hydrogen-bond donors (Lipinski definition) is 3. The van der Waals surface area contributed by atoms with Crippen molar-refractivity contribution in [2.24, 2.45) is 0 Å². The van der Waals surface area contributed by atoms with Gasteiger partial charge >= 0.3 is 0 Å². The Balaban J connectivity index is 0.000000145. The molecule has 4 aromatic heterocycles. The Labute approximate surface area is 590 Å². The Morgan fingerprint density at radius 3 is 1.19 bits per heavy atom. The van der Waals surface area contributed by atoms with Crippen molar-refractivity contribution in [3.63, 3.8) is 0 Å². The fourth-order valence-electron chi connectivity index (χ4n) is 11.6. The van der Waals surface area contributed by atoms with Gasteiger partial charge in [-0.1, -0.05) is 224 Å². The second kappa shape index (κ2) is 34.0. The van der Waals surface area contributed by atoms with Crippen molar-refractivity contribution in [1.29, 1.82) is 0 Å². The summed E-state index contributed by atoms with van der Waals surface area (Å²) in [6.07, 6.45) is 5.28. The van der Waals surface area contributed by atoms with Crippen molar-refractivity contribution >= 4 is 69.3 Å². The highest BCUT2D eigenvalue weighted by atomic mass is 16.5. The van der Waals surface area contributed by atoms with Crippen LogP contribution in [0.15, 0.2) is 316 Å². The van der Waals surface area contributed by atoms with Gasteiger partial charge in [-0.3, -0.25) is 14.4 Å². The number of para-hydroxylation sites is 4. The van der Waals surface area contributed by atoms with Crippen molar-refractivity contribution in [3.05, 3.63) is 360 Å². The van der Waals surface area contributed by atoms with Gasteiger partial charge in [-0.15, -0.1) is 0 Å². The fraction of sp³-hybridized carbons (Fsp3) is 0.0682. The van der Waals surface area contributed by atoms with Crippen LogP contribution in [0.1, 0.15) is 59.2 Å². The van der Waals surface area contributed by atoms with E-state index in [1.54, 1.807) is 24.4 Å². The van der Waals surface area contributed by atoms with Gasteiger partial charge in [-0.2, -0.15) is 0 Å². The summed E-state index contributed by atoms with van der Waals surface area (Å²) in [5.41, 5.74) is 12.8. The predicted molar refractivity (Wildman–Crippen MR) is 401 cm³/mol. The molecule has 14 rings (SSSR count). The topological polar surface area (TPSA) is 199 Å². The lowest BCUT2D eigenvalue weighted by Crippen LogP contribution is -2.37. The van der Waals surface area contributed by atoms with Crippen molar-refractivity contribution in [3.8, 4) is 57.0 Å². The summed E-state index contributed by atoms with van der Waals surface area (Å²) in [5, 5.41) is 10.8. The van der Waals surface area contributed by atoms with Crippen molar-refractivity contribution in [1.82, 2.24) is 35.9 Å². The van der Waals surface area contributed by atoms with Crippen molar-refractivity contribution in [2.75, 3.05) is 0 Å². The lowest BCUT2D eigenvalue weighted by atomic mass is 9.95. The standard InChI is InChI=1S/C31H24N2O3.C31H24N2O2.C26H19N3O2/c34-21-24(19-22-9-3-1-4-10-22)32-31(35)28-20-30(33-29-14-8-7-13-27(28)29)23-15-17-26(18-16-23)36-25-11-5-2-6-12-25;34-21-24(19-22-11-3-1-4-12-22)32-31(35)28-20-30(33-29-18-10-9-17-27(28)29)26-16-8-7-15-25(26)23-13-5-2-6-14-23;30-18-22(16-19-8-2-1-3-9-19)29-26(31)24-17-21(14-13-20-10-6-7-15-27-20)28-25-12-5-4-11-23(24)25/h1-18,20-21,24H,19H2,(H,32,35);1-18,20-21,24H,19H2,(H,32,35);1-12,15,17-18,22H,16H2,(H,29,31)/t2*24-;22-/m000/s1. The molecule has 0 saturated carbocycles. The summed E-state index contributed by atoms with van der Waals surface area (Å²) in [6, 6.07) is 95.5. The zero-order valence-electron chi connectivity index (χ0n) is 55.3. The monoisotopic (exact) mass is 1330 g/mol. The molecule has 0 aliphatic carbocycles. The minimum atomic E-state index is -0.635. The van der Waals surface area contributed by atoms with E-state index in [4.69, 9.17) is 14.7 Å². The lowest BCUT2D eigenvalue weighted by molar-refractivity contribution is -0.110. The van der Waals surface area contributed by atoms with E-state index >= 15 is 0 Å². The number of aromatic nitrogens is 4. The molecule has 14 nitrogen and oxygen atoms in total. The third kappa shape index (κ3) is 17.9. The number of rotatable bonds is 20. The first kappa shape index (κ1) is 68.3. The highest BCUT2D eigenvalue weighted by Crippen LogP contribution is 2.34. The number of carbonyl (C=O) groups excluding carboxylic acids is 6. The minimum absolute atomic E-state index is 0.296. The van der Waals surface area contributed by atoms with E-state index in [1.165, 1.54) is 0 Å². The van der Waals surface area contributed by atoms with E-state index in [9.17, 15) is 28.8 Å². The van der Waals surface area contributed by atoms with Gasteiger partial charge in [-0.05, 0) is 144 Å². The average Bonchev–Trinajstić information content (AvgIpc) is 0.805. The van der Waals surface area contributed by atoms with Gasteiger partial charge in [0.2, 0.25) is 0 Å². The molecule has 3 N–H and O–H groups in total. The molecule has 14 heteroatoms. The molecule has 0 fully saturated rings. The number of amides is 3. The van der Waals surface area contributed by atoms with Gasteiger partial charge in [-0.25, -0.2) is 19.9 Å². The molecule has 496 valence electrons. The quantitative estimate of drug-likeness (QED) is 0.0484. The van der Waals surface area contributed by atoms with Crippen LogP contribution in [0, 0.1) is 11.8 Å². The largest absolute Gasteiger partial charge is 0.457 e. The second-order valence-electron chi connectivity index (χ2n) is 23.7. The first-order valence-electron chi connectivity index (χ1n) is 33.2. The number of benzene rings is 10. The molecular weight excluding hydrogens is 1270 g/mol. The SMILES string of the molecule is O=C[C@H](Cc1ccccc1)NC(=O)c1cc(-c2ccc(Oc3ccccc3)cc2)nc2ccccc12.O=C[C@H](Cc1ccccc1)NC(=O)c1cc(-c2ccccc2-c2ccccc2)nc2ccccc12.O=C[C@H](Cc1ccccc1)NC(=O)c1cc(C#Cc2ccccn2)nc2ccccc12. The maximum Gasteiger partial charge on any atom is 0.252 e. The molecule has 3 amide bonds. The summed E-state index contributed by atoms with van der Waals surface area (Å²) in [4.78, 5) is 93.5. The highest BCUT2D eigenvalue weighted by Gasteiger charge is 2.22. The normalized spacial score (nSPS) is 11.5. The molecule has 0 spiro atoms. The first-order chi connectivity index (χ1) is 50.1. The number of carbonyl (C=O) groups is 6. The molecule has 4 heterocycles. The van der Waals surface area contributed by atoms with Gasteiger partial charge in [0.15, 0.2) is 0 Å². The van der Waals surface area contributed by atoms with Crippen molar-refractivity contribution < 1.29 is 33.5 Å². The Hall–Kier alpha value is -13.6. The average molecular weight is 1330 g/mol. The Kier molecular flexibility index (Phi) is 22.8. The molecule has 0 aliphatic rings. The second-order valence-corrected chi connectivity index (χ2v) is 23.7. The van der Waals surface area contributed by atoms with E-state index in [2.05, 4.69) is 56.0 Å². The zero-order chi connectivity index (χ0) is 70.2. The fourth-order valence-corrected chi connectivity index (χ4v) is 11.6. The van der Waals surface area contributed by atoms with E-state index in [0.29, 0.717) is 80.9 Å². The van der Waals surface area contributed by atoms with E-state index in [-0.39, 0.29) is 17.7 Å². The van der Waals surface area contributed by atoms with Gasteiger partial charge in [0, 0.05) is 33.5 Å². The predicted octanol–water partition coefficient (Wildman–Crippen LogP) is 15.9. The van der Waals surface area contributed by atoms with Crippen LogP contribution in [-0.2, 0) is 33.6 Å². The maximum absolute atomic E-state index is 13.5. The molecule has 14 aromatic rings. The molecule has 0 aliphatic heterocycles. The number of nitrogens with zero attached hydrogens (tertiary/aromatic N) is 4. The molecule has 0 unspecified atom stereocenters. The summed E-state index contributed by atoms with van der Waals surface area (Å²) in [7, 11) is 0. The smallest absolute Gasteiger partial charge is 0.252 e. The van der Waals surface area contributed by atoms with Crippen LogP contribution in [0.5, 0.6) is 11.5 Å². The van der Waals surface area contributed by atoms with Crippen LogP contribution < -0.4 is 20.7 Å². The Morgan fingerprint density at radius 1 is 0.343 bits per heavy atom. The number of aldehydes is 3. The van der Waals surface area contributed by atoms with Gasteiger partial charge in [0.05, 0.1) is 62.8 Å². The number of fused-ring (bicyclic) bond motifs is 3. The molecular formula is C88H67N7O7. The number of nitrogens with one attached hydrogen (secondary N) is 3. The molecule has 10 aromatic carbocycles. The number of hydrogen-bond acceptors (Lipinski definition) is 11. The van der Waals surface area contributed by atoms with Crippen LogP contribution in [0.3, 0.4) is 0 Å². The third-order valence-corrected chi connectivity index (χ3v) is 16.6.